The fraction of sp³-hybridized carbons (Fsp3) is 0.455. The summed E-state index contributed by atoms with van der Waals surface area (Å²) in [5.74, 6) is 0. The molecular formula is C11H16BrNO4S. The summed E-state index contributed by atoms with van der Waals surface area (Å²) in [7, 11) is -0.521. The lowest BCUT2D eigenvalue weighted by atomic mass is 10.2. The van der Waals surface area contributed by atoms with E-state index in [0.717, 1.165) is 0 Å². The Morgan fingerprint density at radius 1 is 1.44 bits per heavy atom. The van der Waals surface area contributed by atoms with Crippen molar-refractivity contribution in [1.29, 1.82) is 0 Å². The molecule has 5 nitrogen and oxygen atoms in total. The highest BCUT2D eigenvalue weighted by atomic mass is 79.9. The molecule has 0 saturated carbocycles. The van der Waals surface area contributed by atoms with Crippen LogP contribution in [0.2, 0.25) is 0 Å². The highest BCUT2D eigenvalue weighted by Gasteiger charge is 2.23. The van der Waals surface area contributed by atoms with E-state index < -0.39 is 10.0 Å². The third-order valence-corrected chi connectivity index (χ3v) is 5.31. The molecule has 0 saturated heterocycles. The minimum Gasteiger partial charge on any atom is -0.392 e. The van der Waals surface area contributed by atoms with E-state index in [1.807, 2.05) is 0 Å². The molecule has 1 aromatic rings. The monoisotopic (exact) mass is 337 g/mol. The van der Waals surface area contributed by atoms with E-state index in [2.05, 4.69) is 15.9 Å². The zero-order chi connectivity index (χ0) is 13.8. The van der Waals surface area contributed by atoms with E-state index in [1.54, 1.807) is 12.1 Å². The molecule has 0 aliphatic carbocycles. The van der Waals surface area contributed by atoms with E-state index in [1.165, 1.54) is 24.5 Å². The number of hydrogen-bond donors (Lipinski definition) is 1. The van der Waals surface area contributed by atoms with Crippen molar-refractivity contribution in [2.24, 2.45) is 0 Å². The van der Waals surface area contributed by atoms with E-state index in [4.69, 9.17) is 9.84 Å². The Bertz CT molecular complexity index is 504. The Labute approximate surface area is 116 Å². The van der Waals surface area contributed by atoms with Gasteiger partial charge in [-0.3, -0.25) is 0 Å². The third-order valence-electron chi connectivity index (χ3n) is 2.48. The number of benzene rings is 1. The van der Waals surface area contributed by atoms with Gasteiger partial charge in [0.05, 0.1) is 18.1 Å². The van der Waals surface area contributed by atoms with Crippen LogP contribution in [0.25, 0.3) is 0 Å². The summed E-state index contributed by atoms with van der Waals surface area (Å²) in [5.41, 5.74) is 0.653. The molecule has 1 N–H and O–H groups in total. The SMILES string of the molecule is COCCN(C)S(=O)(=O)c1ccc(CO)cc1Br. The lowest BCUT2D eigenvalue weighted by molar-refractivity contribution is 0.185. The van der Waals surface area contributed by atoms with Crippen molar-refractivity contribution in [1.82, 2.24) is 4.31 Å². The number of rotatable bonds is 6. The van der Waals surface area contributed by atoms with Gasteiger partial charge in [-0.05, 0) is 33.6 Å². The molecule has 0 atom stereocenters. The number of aliphatic hydroxyl groups is 1. The number of methoxy groups -OCH3 is 1. The first-order valence-corrected chi connectivity index (χ1v) is 7.51. The van der Waals surface area contributed by atoms with Crippen LogP contribution in [0.1, 0.15) is 5.56 Å². The van der Waals surface area contributed by atoms with Gasteiger partial charge in [-0.1, -0.05) is 6.07 Å². The number of hydrogen-bond acceptors (Lipinski definition) is 4. The summed E-state index contributed by atoms with van der Waals surface area (Å²) in [6.45, 7) is 0.494. The van der Waals surface area contributed by atoms with Gasteiger partial charge in [0.15, 0.2) is 0 Å². The summed E-state index contributed by atoms with van der Waals surface area (Å²) >= 11 is 3.21. The maximum atomic E-state index is 12.2. The van der Waals surface area contributed by atoms with Crippen molar-refractivity contribution in [3.8, 4) is 0 Å². The van der Waals surface area contributed by atoms with Gasteiger partial charge in [-0.25, -0.2) is 8.42 Å². The normalized spacial score (nSPS) is 12.1. The van der Waals surface area contributed by atoms with Crippen molar-refractivity contribution in [3.63, 3.8) is 0 Å². The quantitative estimate of drug-likeness (QED) is 0.847. The highest BCUT2D eigenvalue weighted by molar-refractivity contribution is 9.10. The van der Waals surface area contributed by atoms with E-state index in [-0.39, 0.29) is 18.0 Å². The average molecular weight is 338 g/mol. The molecule has 0 aliphatic heterocycles. The maximum Gasteiger partial charge on any atom is 0.244 e. The minimum atomic E-state index is -3.54. The molecule has 102 valence electrons. The fourth-order valence-electron chi connectivity index (χ4n) is 1.36. The lowest BCUT2D eigenvalue weighted by Gasteiger charge is -2.17. The summed E-state index contributed by atoms with van der Waals surface area (Å²) in [6, 6.07) is 4.66. The Balaban J connectivity index is 3.05. The zero-order valence-electron chi connectivity index (χ0n) is 10.3. The molecule has 0 spiro atoms. The molecule has 0 fully saturated rings. The second kappa shape index (κ2) is 6.63. The van der Waals surface area contributed by atoms with Crippen LogP contribution in [0.4, 0.5) is 0 Å². The Hall–Kier alpha value is -0.470. The van der Waals surface area contributed by atoms with Gasteiger partial charge in [-0.2, -0.15) is 4.31 Å². The second-order valence-corrected chi connectivity index (χ2v) is 6.61. The number of aliphatic hydroxyl groups excluding tert-OH is 1. The summed E-state index contributed by atoms with van der Waals surface area (Å²) in [4.78, 5) is 0.179. The van der Waals surface area contributed by atoms with E-state index >= 15 is 0 Å². The Kier molecular flexibility index (Phi) is 5.74. The smallest absolute Gasteiger partial charge is 0.244 e. The molecule has 0 heterocycles. The molecule has 0 amide bonds. The van der Waals surface area contributed by atoms with Crippen molar-refractivity contribution in [3.05, 3.63) is 28.2 Å². The first-order chi connectivity index (χ1) is 8.43. The third kappa shape index (κ3) is 3.52. The predicted molar refractivity (Wildman–Crippen MR) is 71.8 cm³/mol. The van der Waals surface area contributed by atoms with Crippen LogP contribution >= 0.6 is 15.9 Å². The summed E-state index contributed by atoms with van der Waals surface area (Å²) < 4.78 is 31.0. The van der Waals surface area contributed by atoms with Crippen LogP contribution < -0.4 is 0 Å². The largest absolute Gasteiger partial charge is 0.392 e. The van der Waals surface area contributed by atoms with E-state index in [9.17, 15) is 8.42 Å². The summed E-state index contributed by atoms with van der Waals surface area (Å²) in [5, 5.41) is 8.98. The number of nitrogens with zero attached hydrogens (tertiary/aromatic N) is 1. The van der Waals surface area contributed by atoms with Crippen LogP contribution in [0.3, 0.4) is 0 Å². The van der Waals surface area contributed by atoms with Crippen molar-refractivity contribution < 1.29 is 18.3 Å². The Morgan fingerprint density at radius 3 is 2.61 bits per heavy atom. The fourth-order valence-corrected chi connectivity index (χ4v) is 3.60. The molecule has 1 rings (SSSR count). The average Bonchev–Trinajstić information content (AvgIpc) is 2.35. The zero-order valence-corrected chi connectivity index (χ0v) is 12.7. The topological polar surface area (TPSA) is 66.8 Å². The molecule has 7 heteroatoms. The molecular weight excluding hydrogens is 322 g/mol. The van der Waals surface area contributed by atoms with Gasteiger partial charge in [0, 0.05) is 25.2 Å². The number of halogens is 1. The van der Waals surface area contributed by atoms with Gasteiger partial charge < -0.3 is 9.84 Å². The maximum absolute atomic E-state index is 12.2. The lowest BCUT2D eigenvalue weighted by Crippen LogP contribution is -2.30. The van der Waals surface area contributed by atoms with Gasteiger partial charge >= 0.3 is 0 Å². The van der Waals surface area contributed by atoms with Crippen LogP contribution in [0, 0.1) is 0 Å². The van der Waals surface area contributed by atoms with Crippen LogP contribution in [0.5, 0.6) is 0 Å². The summed E-state index contributed by atoms with van der Waals surface area (Å²) in [6.07, 6.45) is 0. The van der Waals surface area contributed by atoms with Gasteiger partial charge in [0.2, 0.25) is 10.0 Å². The molecule has 0 radical (unpaired) electrons. The molecule has 0 bridgehead atoms. The van der Waals surface area contributed by atoms with Gasteiger partial charge in [-0.15, -0.1) is 0 Å². The number of ether oxygens (including phenoxy) is 1. The predicted octanol–water partition coefficient (Wildman–Crippen LogP) is 1.21. The van der Waals surface area contributed by atoms with Gasteiger partial charge in [0.1, 0.15) is 0 Å². The Morgan fingerprint density at radius 2 is 2.11 bits per heavy atom. The van der Waals surface area contributed by atoms with Crippen molar-refractivity contribution in [2.45, 2.75) is 11.5 Å². The van der Waals surface area contributed by atoms with Crippen LogP contribution in [-0.4, -0.2) is 45.1 Å². The highest BCUT2D eigenvalue weighted by Crippen LogP contribution is 2.25. The van der Waals surface area contributed by atoms with Crippen LogP contribution in [-0.2, 0) is 21.4 Å². The molecule has 0 unspecified atom stereocenters. The van der Waals surface area contributed by atoms with Crippen molar-refractivity contribution >= 4 is 26.0 Å². The van der Waals surface area contributed by atoms with E-state index in [0.29, 0.717) is 16.6 Å². The van der Waals surface area contributed by atoms with Gasteiger partial charge in [0.25, 0.3) is 0 Å². The first-order valence-electron chi connectivity index (χ1n) is 5.28. The standard InChI is InChI=1S/C11H16BrNO4S/c1-13(5-6-17-2)18(15,16)11-4-3-9(8-14)7-10(11)12/h3-4,7,14H,5-6,8H2,1-2H3. The molecule has 0 aliphatic rings. The number of likely N-dealkylation sites (N-methyl/N-ethyl adjacent to an activating group) is 1. The molecule has 1 aromatic carbocycles. The first kappa shape index (κ1) is 15.6. The second-order valence-electron chi connectivity index (χ2n) is 3.74. The number of sulfonamides is 1. The minimum absolute atomic E-state index is 0.127. The molecule has 0 aromatic heterocycles. The molecule has 18 heavy (non-hydrogen) atoms. The van der Waals surface area contributed by atoms with Crippen LogP contribution in [0.15, 0.2) is 27.6 Å². The van der Waals surface area contributed by atoms with Crippen molar-refractivity contribution in [2.75, 3.05) is 27.3 Å².